The lowest BCUT2D eigenvalue weighted by atomic mass is 9.35. The van der Waals surface area contributed by atoms with Crippen molar-refractivity contribution in [2.75, 3.05) is 0 Å². The van der Waals surface area contributed by atoms with Crippen molar-refractivity contribution in [1.29, 1.82) is 0 Å². The van der Waals surface area contributed by atoms with Crippen molar-refractivity contribution in [3.8, 4) is 0 Å². The molecule has 0 aromatic rings. The summed E-state index contributed by atoms with van der Waals surface area (Å²) in [5.41, 5.74) is 1.38. The van der Waals surface area contributed by atoms with Gasteiger partial charge in [0, 0.05) is 12.3 Å². The summed E-state index contributed by atoms with van der Waals surface area (Å²) in [6.07, 6.45) is 12.2. The Kier molecular flexibility index (Phi) is 4.93. The number of ether oxygens (including phenoxy) is 2. The van der Waals surface area contributed by atoms with Gasteiger partial charge in [0.2, 0.25) is 0 Å². The zero-order valence-electron chi connectivity index (χ0n) is 23.2. The van der Waals surface area contributed by atoms with Gasteiger partial charge in [0.25, 0.3) is 0 Å². The van der Waals surface area contributed by atoms with Crippen molar-refractivity contribution in [3.63, 3.8) is 0 Å². The summed E-state index contributed by atoms with van der Waals surface area (Å²) in [4.78, 5) is 11.9. The zero-order chi connectivity index (χ0) is 24.5. The first kappa shape index (κ1) is 23.8. The highest BCUT2D eigenvalue weighted by atomic mass is 16.6. The van der Waals surface area contributed by atoms with Crippen LogP contribution >= 0.6 is 0 Å². The topological polar surface area (TPSA) is 38.8 Å². The summed E-state index contributed by atoms with van der Waals surface area (Å²) >= 11 is 0. The van der Waals surface area contributed by atoms with E-state index in [4.69, 9.17) is 9.47 Å². The number of rotatable bonds is 1. The minimum atomic E-state index is -0.114. The molecule has 0 radical (unpaired) electrons. The van der Waals surface area contributed by atoms with Gasteiger partial charge >= 0.3 is 5.97 Å². The minimum absolute atomic E-state index is 0.0391. The third-order valence-electron chi connectivity index (χ3n) is 13.8. The average Bonchev–Trinajstić information content (AvgIpc) is 3.44. The van der Waals surface area contributed by atoms with Crippen LogP contribution in [0.25, 0.3) is 0 Å². The third kappa shape index (κ3) is 2.77. The lowest BCUT2D eigenvalue weighted by Gasteiger charge is -2.69. The molecule has 12 atom stereocenters. The summed E-state index contributed by atoms with van der Waals surface area (Å²) in [6.45, 7) is 19.4. The first-order chi connectivity index (χ1) is 15.8. The lowest BCUT2D eigenvalue weighted by molar-refractivity contribution is -0.219. The number of carbonyl (C=O) groups excluding carboxylic acids is 1. The smallest absolute Gasteiger partial charge is 0.302 e. The van der Waals surface area contributed by atoms with E-state index in [-0.39, 0.29) is 23.1 Å². The van der Waals surface area contributed by atoms with Crippen LogP contribution in [0, 0.1) is 57.2 Å². The number of hydrogen-bond acceptors (Lipinski definition) is 3. The van der Waals surface area contributed by atoms with Gasteiger partial charge in [0.05, 0.1) is 6.10 Å². The predicted molar refractivity (Wildman–Crippen MR) is 135 cm³/mol. The van der Waals surface area contributed by atoms with Crippen LogP contribution in [0.1, 0.15) is 113 Å². The van der Waals surface area contributed by atoms with E-state index in [0.717, 1.165) is 36.0 Å². The Morgan fingerprint density at radius 3 is 2.15 bits per heavy atom. The Balaban J connectivity index is 1.35. The molecule has 1 saturated heterocycles. The first-order valence-electron chi connectivity index (χ1n) is 14.7. The molecule has 0 bridgehead atoms. The van der Waals surface area contributed by atoms with Gasteiger partial charge < -0.3 is 9.47 Å². The van der Waals surface area contributed by atoms with Crippen LogP contribution in [0.5, 0.6) is 0 Å². The van der Waals surface area contributed by atoms with E-state index in [9.17, 15) is 4.79 Å². The maximum absolute atomic E-state index is 11.9. The molecule has 1 aliphatic heterocycles. The number of epoxide rings is 1. The number of carbonyl (C=O) groups is 1. The maximum Gasteiger partial charge on any atom is 0.302 e. The Morgan fingerprint density at radius 2 is 1.44 bits per heavy atom. The fraction of sp³-hybridized carbons (Fsp3) is 0.968. The SMILES string of the molecule is CC(=O)OC1CCC2(C)C(CCC3(C)C2CC2OC24C2C(C)C(C)CCC2(C)CCC34)C1(C)C. The number of hydrogen-bond donors (Lipinski definition) is 0. The second-order valence-corrected chi connectivity index (χ2v) is 15.4. The highest BCUT2D eigenvalue weighted by Gasteiger charge is 2.80. The molecule has 0 aromatic carbocycles. The van der Waals surface area contributed by atoms with Gasteiger partial charge in [0.1, 0.15) is 11.7 Å². The van der Waals surface area contributed by atoms with E-state index in [1.807, 2.05) is 0 Å². The molecule has 0 aromatic heterocycles. The Labute approximate surface area is 208 Å². The molecule has 6 aliphatic rings. The molecular weight excluding hydrogens is 420 g/mol. The maximum atomic E-state index is 11.9. The van der Waals surface area contributed by atoms with Gasteiger partial charge in [-0.2, -0.15) is 0 Å². The second kappa shape index (κ2) is 7.05. The van der Waals surface area contributed by atoms with Gasteiger partial charge in [0.15, 0.2) is 0 Å². The van der Waals surface area contributed by atoms with Crippen LogP contribution in [0.2, 0.25) is 0 Å². The number of esters is 1. The molecule has 6 fully saturated rings. The van der Waals surface area contributed by atoms with E-state index >= 15 is 0 Å². The highest BCUT2D eigenvalue weighted by molar-refractivity contribution is 5.66. The Bertz CT molecular complexity index is 880. The minimum Gasteiger partial charge on any atom is -0.462 e. The molecule has 6 rings (SSSR count). The van der Waals surface area contributed by atoms with Crippen LogP contribution in [0.15, 0.2) is 0 Å². The molecule has 34 heavy (non-hydrogen) atoms. The summed E-state index contributed by atoms with van der Waals surface area (Å²) in [5, 5.41) is 0. The molecule has 1 spiro atoms. The molecule has 5 saturated carbocycles. The fourth-order valence-electron chi connectivity index (χ4n) is 12.1. The first-order valence-corrected chi connectivity index (χ1v) is 14.7. The molecule has 1 heterocycles. The molecular formula is C31H50O3. The van der Waals surface area contributed by atoms with Gasteiger partial charge in [-0.05, 0) is 110 Å². The quantitative estimate of drug-likeness (QED) is 0.296. The summed E-state index contributed by atoms with van der Waals surface area (Å²) < 4.78 is 13.0. The Morgan fingerprint density at radius 1 is 0.824 bits per heavy atom. The van der Waals surface area contributed by atoms with Crippen LogP contribution in [-0.4, -0.2) is 23.8 Å². The van der Waals surface area contributed by atoms with E-state index in [1.54, 1.807) is 6.92 Å². The standard InChI is InChI=1S/C31H50O3/c1-18-9-13-28(6)14-10-22-30(8)15-11-21-27(4,5)24(33-20(3)32)12-16-29(21,7)23(30)17-25-31(22,34-25)26(28)19(18)2/h18-19,21-26H,9-17H2,1-8H3. The molecule has 192 valence electrons. The summed E-state index contributed by atoms with van der Waals surface area (Å²) in [6, 6.07) is 0. The second-order valence-electron chi connectivity index (χ2n) is 15.4. The van der Waals surface area contributed by atoms with Crippen LogP contribution in [0.4, 0.5) is 0 Å². The monoisotopic (exact) mass is 470 g/mol. The van der Waals surface area contributed by atoms with Crippen LogP contribution < -0.4 is 0 Å². The van der Waals surface area contributed by atoms with Gasteiger partial charge in [-0.25, -0.2) is 0 Å². The van der Waals surface area contributed by atoms with Crippen molar-refractivity contribution in [2.24, 2.45) is 57.2 Å². The van der Waals surface area contributed by atoms with Crippen molar-refractivity contribution in [2.45, 2.75) is 131 Å². The van der Waals surface area contributed by atoms with Crippen LogP contribution in [-0.2, 0) is 14.3 Å². The zero-order valence-corrected chi connectivity index (χ0v) is 23.2. The van der Waals surface area contributed by atoms with Crippen molar-refractivity contribution in [1.82, 2.24) is 0 Å². The van der Waals surface area contributed by atoms with Crippen molar-refractivity contribution < 1.29 is 14.3 Å². The van der Waals surface area contributed by atoms with E-state index in [0.29, 0.717) is 28.3 Å². The van der Waals surface area contributed by atoms with Gasteiger partial charge in [-0.1, -0.05) is 48.5 Å². The van der Waals surface area contributed by atoms with Crippen molar-refractivity contribution in [3.05, 3.63) is 0 Å². The van der Waals surface area contributed by atoms with Crippen molar-refractivity contribution >= 4 is 5.97 Å². The molecule has 0 amide bonds. The molecule has 12 unspecified atom stereocenters. The lowest BCUT2D eigenvalue weighted by Crippen LogP contribution is -2.67. The van der Waals surface area contributed by atoms with E-state index < -0.39 is 0 Å². The molecule has 0 N–H and O–H groups in total. The average molecular weight is 471 g/mol. The molecule has 3 nitrogen and oxygen atoms in total. The fourth-order valence-corrected chi connectivity index (χ4v) is 12.1. The molecule has 3 heteroatoms. The van der Waals surface area contributed by atoms with E-state index in [1.165, 1.54) is 51.4 Å². The molecule has 5 aliphatic carbocycles. The van der Waals surface area contributed by atoms with Crippen LogP contribution in [0.3, 0.4) is 0 Å². The third-order valence-corrected chi connectivity index (χ3v) is 13.8. The number of fused-ring (bicyclic) bond motifs is 5. The van der Waals surface area contributed by atoms with Gasteiger partial charge in [-0.15, -0.1) is 0 Å². The summed E-state index contributed by atoms with van der Waals surface area (Å²) in [5.74, 6) is 4.29. The largest absolute Gasteiger partial charge is 0.462 e. The highest BCUT2D eigenvalue weighted by Crippen LogP contribution is 2.79. The normalized spacial score (nSPS) is 59.4. The predicted octanol–water partition coefficient (Wildman–Crippen LogP) is 7.42. The van der Waals surface area contributed by atoms with Gasteiger partial charge in [-0.3, -0.25) is 4.79 Å². The van der Waals surface area contributed by atoms with E-state index in [2.05, 4.69) is 48.5 Å². The summed E-state index contributed by atoms with van der Waals surface area (Å²) in [7, 11) is 0. The Hall–Kier alpha value is -0.570.